The minimum absolute atomic E-state index is 0.0125. The van der Waals surface area contributed by atoms with Gasteiger partial charge in [0, 0.05) is 44.0 Å². The first kappa shape index (κ1) is 26.5. The van der Waals surface area contributed by atoms with Gasteiger partial charge in [-0.3, -0.25) is 14.9 Å². The highest BCUT2D eigenvalue weighted by molar-refractivity contribution is 6.32. The molecule has 0 N–H and O–H groups in total. The number of benzene rings is 3. The molecule has 3 aromatic carbocycles. The molecule has 0 aromatic heterocycles. The number of piperazine rings is 1. The maximum absolute atomic E-state index is 13.1. The second kappa shape index (κ2) is 12.1. The van der Waals surface area contributed by atoms with Gasteiger partial charge >= 0.3 is 0 Å². The van der Waals surface area contributed by atoms with Gasteiger partial charge in [0.25, 0.3) is 11.6 Å². The molecular formula is C28H25ClN4O5. The van der Waals surface area contributed by atoms with Gasteiger partial charge in [0.05, 0.1) is 17.1 Å². The number of methoxy groups -OCH3 is 1. The number of nitriles is 1. The van der Waals surface area contributed by atoms with Crippen molar-refractivity contribution in [1.82, 2.24) is 4.90 Å². The Morgan fingerprint density at radius 3 is 2.50 bits per heavy atom. The standard InChI is InChI=1S/C28H25ClN4O5/c1-37-26-17-21(16-25(29)27(26)38-19-20-6-5-9-24(15-20)33(35)36)14-22(18-30)28(34)32-12-10-31(11-13-32)23-7-3-2-4-8-23/h2-9,14-17H,10-13,19H2,1H3/b22-14-. The highest BCUT2D eigenvalue weighted by Crippen LogP contribution is 2.37. The first-order valence-electron chi connectivity index (χ1n) is 11.8. The van der Waals surface area contributed by atoms with Gasteiger partial charge in [-0.15, -0.1) is 0 Å². The van der Waals surface area contributed by atoms with Crippen LogP contribution in [-0.4, -0.2) is 49.0 Å². The molecule has 194 valence electrons. The van der Waals surface area contributed by atoms with Crippen LogP contribution in [0.15, 0.2) is 72.3 Å². The number of halogens is 1. The van der Waals surface area contributed by atoms with Crippen molar-refractivity contribution in [2.75, 3.05) is 38.2 Å². The Balaban J connectivity index is 1.47. The van der Waals surface area contributed by atoms with E-state index in [9.17, 15) is 20.2 Å². The number of hydrogen-bond donors (Lipinski definition) is 0. The molecule has 9 nitrogen and oxygen atoms in total. The van der Waals surface area contributed by atoms with E-state index in [4.69, 9.17) is 21.1 Å². The quantitative estimate of drug-likeness (QED) is 0.172. The van der Waals surface area contributed by atoms with Gasteiger partial charge in [0.2, 0.25) is 0 Å². The summed E-state index contributed by atoms with van der Waals surface area (Å²) in [6.45, 7) is 2.38. The maximum Gasteiger partial charge on any atom is 0.269 e. The number of rotatable bonds is 8. The molecule has 0 spiro atoms. The van der Waals surface area contributed by atoms with Gasteiger partial charge in [-0.25, -0.2) is 0 Å². The Bertz CT molecular complexity index is 1400. The van der Waals surface area contributed by atoms with E-state index < -0.39 is 4.92 Å². The Kier molecular flexibility index (Phi) is 8.46. The Labute approximate surface area is 225 Å². The zero-order valence-electron chi connectivity index (χ0n) is 20.7. The van der Waals surface area contributed by atoms with Crippen LogP contribution in [0.3, 0.4) is 0 Å². The number of carbonyl (C=O) groups is 1. The third-order valence-corrected chi connectivity index (χ3v) is 6.39. The van der Waals surface area contributed by atoms with E-state index in [1.54, 1.807) is 29.2 Å². The molecule has 1 aliphatic rings. The van der Waals surface area contributed by atoms with Crippen molar-refractivity contribution < 1.29 is 19.2 Å². The lowest BCUT2D eigenvalue weighted by Crippen LogP contribution is -2.49. The number of amides is 1. The van der Waals surface area contributed by atoms with Crippen LogP contribution in [0.4, 0.5) is 11.4 Å². The van der Waals surface area contributed by atoms with Crippen LogP contribution in [0.25, 0.3) is 6.08 Å². The summed E-state index contributed by atoms with van der Waals surface area (Å²) in [5.74, 6) is 0.205. The fourth-order valence-corrected chi connectivity index (χ4v) is 4.44. The van der Waals surface area contributed by atoms with Gasteiger partial charge in [-0.2, -0.15) is 5.26 Å². The van der Waals surface area contributed by atoms with Crippen LogP contribution < -0.4 is 14.4 Å². The molecule has 3 aromatic rings. The van der Waals surface area contributed by atoms with Gasteiger partial charge in [-0.1, -0.05) is 41.9 Å². The summed E-state index contributed by atoms with van der Waals surface area (Å²) < 4.78 is 11.2. The van der Waals surface area contributed by atoms with Crippen molar-refractivity contribution >= 4 is 35.0 Å². The molecule has 0 saturated carbocycles. The maximum atomic E-state index is 13.1. The number of non-ortho nitro benzene ring substituents is 1. The molecule has 4 rings (SSSR count). The Morgan fingerprint density at radius 2 is 1.84 bits per heavy atom. The number of nitro groups is 1. The van der Waals surface area contributed by atoms with Crippen LogP contribution >= 0.6 is 11.6 Å². The lowest BCUT2D eigenvalue weighted by molar-refractivity contribution is -0.384. The number of anilines is 1. The normalized spacial score (nSPS) is 13.6. The Hall–Kier alpha value is -4.55. The smallest absolute Gasteiger partial charge is 0.269 e. The summed E-state index contributed by atoms with van der Waals surface area (Å²) in [4.78, 5) is 27.5. The van der Waals surface area contributed by atoms with Crippen LogP contribution in [0.1, 0.15) is 11.1 Å². The molecule has 10 heteroatoms. The number of para-hydroxylation sites is 1. The predicted molar refractivity (Wildman–Crippen MR) is 144 cm³/mol. The van der Waals surface area contributed by atoms with Crippen LogP contribution in [0.5, 0.6) is 11.5 Å². The first-order chi connectivity index (χ1) is 18.4. The van der Waals surface area contributed by atoms with Crippen molar-refractivity contribution in [3.8, 4) is 17.6 Å². The van der Waals surface area contributed by atoms with Gasteiger partial charge in [-0.05, 0) is 41.5 Å². The Morgan fingerprint density at radius 1 is 1.11 bits per heavy atom. The molecule has 1 fully saturated rings. The average Bonchev–Trinajstić information content (AvgIpc) is 2.95. The van der Waals surface area contributed by atoms with Gasteiger partial charge in [0.15, 0.2) is 11.5 Å². The van der Waals surface area contributed by atoms with E-state index in [2.05, 4.69) is 4.90 Å². The van der Waals surface area contributed by atoms with E-state index in [1.165, 1.54) is 25.3 Å². The number of nitro benzene ring substituents is 1. The van der Waals surface area contributed by atoms with Crippen molar-refractivity contribution in [2.45, 2.75) is 6.61 Å². The summed E-state index contributed by atoms with van der Waals surface area (Å²) in [5.41, 5.74) is 2.14. The molecule has 0 bridgehead atoms. The number of ether oxygens (including phenoxy) is 2. The summed E-state index contributed by atoms with van der Waals surface area (Å²) >= 11 is 6.46. The SMILES string of the molecule is COc1cc(/C=C(/C#N)C(=O)N2CCN(c3ccccc3)CC2)cc(Cl)c1OCc1cccc([N+](=O)[O-])c1. The molecule has 0 radical (unpaired) electrons. The summed E-state index contributed by atoms with van der Waals surface area (Å²) in [5, 5.41) is 21.0. The topological polar surface area (TPSA) is 109 Å². The molecule has 1 aliphatic heterocycles. The number of nitrogens with zero attached hydrogens (tertiary/aromatic N) is 4. The van der Waals surface area contributed by atoms with Crippen molar-refractivity contribution in [3.63, 3.8) is 0 Å². The summed E-state index contributed by atoms with van der Waals surface area (Å²) in [6, 6.07) is 21.3. The van der Waals surface area contributed by atoms with E-state index in [1.807, 2.05) is 36.4 Å². The summed E-state index contributed by atoms with van der Waals surface area (Å²) in [7, 11) is 1.45. The van der Waals surface area contributed by atoms with Crippen molar-refractivity contribution in [2.24, 2.45) is 0 Å². The fraction of sp³-hybridized carbons (Fsp3) is 0.214. The third-order valence-electron chi connectivity index (χ3n) is 6.11. The molecular weight excluding hydrogens is 508 g/mol. The average molecular weight is 533 g/mol. The summed E-state index contributed by atoms with van der Waals surface area (Å²) in [6.07, 6.45) is 1.48. The second-order valence-corrected chi connectivity index (χ2v) is 8.94. The third kappa shape index (κ3) is 6.22. The molecule has 1 amide bonds. The van der Waals surface area contributed by atoms with Crippen LogP contribution in [-0.2, 0) is 11.4 Å². The molecule has 0 atom stereocenters. The lowest BCUT2D eigenvalue weighted by Gasteiger charge is -2.36. The molecule has 0 aliphatic carbocycles. The van der Waals surface area contributed by atoms with Crippen molar-refractivity contribution in [1.29, 1.82) is 5.26 Å². The van der Waals surface area contributed by atoms with E-state index >= 15 is 0 Å². The highest BCUT2D eigenvalue weighted by Gasteiger charge is 2.24. The van der Waals surface area contributed by atoms with Crippen LogP contribution in [0, 0.1) is 21.4 Å². The van der Waals surface area contributed by atoms with E-state index in [0.717, 1.165) is 5.69 Å². The molecule has 0 unspecified atom stereocenters. The molecule has 1 saturated heterocycles. The molecule has 1 heterocycles. The molecule has 38 heavy (non-hydrogen) atoms. The van der Waals surface area contributed by atoms with Crippen LogP contribution in [0.2, 0.25) is 5.02 Å². The fourth-order valence-electron chi connectivity index (χ4n) is 4.16. The van der Waals surface area contributed by atoms with E-state index in [0.29, 0.717) is 43.1 Å². The monoisotopic (exact) mass is 532 g/mol. The number of hydrogen-bond acceptors (Lipinski definition) is 7. The lowest BCUT2D eigenvalue weighted by atomic mass is 10.1. The number of carbonyl (C=O) groups excluding carboxylic acids is 1. The largest absolute Gasteiger partial charge is 0.493 e. The second-order valence-electron chi connectivity index (χ2n) is 8.53. The van der Waals surface area contributed by atoms with Gasteiger partial charge in [0.1, 0.15) is 18.2 Å². The minimum atomic E-state index is -0.477. The van der Waals surface area contributed by atoms with Gasteiger partial charge < -0.3 is 19.3 Å². The first-order valence-corrected chi connectivity index (χ1v) is 12.2. The minimum Gasteiger partial charge on any atom is -0.493 e. The zero-order chi connectivity index (χ0) is 27.1. The van der Waals surface area contributed by atoms with E-state index in [-0.39, 0.29) is 34.5 Å². The highest BCUT2D eigenvalue weighted by atomic mass is 35.5. The van der Waals surface area contributed by atoms with Crippen molar-refractivity contribution in [3.05, 3.63) is 98.6 Å². The zero-order valence-corrected chi connectivity index (χ0v) is 21.4. The predicted octanol–water partition coefficient (Wildman–Crippen LogP) is 5.09.